The Morgan fingerprint density at radius 1 is 0.580 bits per heavy atom. The molecule has 2 unspecified atom stereocenters. The van der Waals surface area contributed by atoms with Gasteiger partial charge >= 0.3 is 19.8 Å². The lowest BCUT2D eigenvalue weighted by molar-refractivity contribution is -0.161. The van der Waals surface area contributed by atoms with E-state index in [4.69, 9.17) is 24.3 Å². The first kappa shape index (κ1) is 48.8. The number of phosphoric acid groups is 1. The molecule has 0 aliphatic carbocycles. The molecule has 0 aromatic rings. The molecule has 0 aliphatic rings. The van der Waals surface area contributed by atoms with Gasteiger partial charge in [0.1, 0.15) is 6.61 Å². The molecule has 0 aromatic carbocycles. The van der Waals surface area contributed by atoms with Gasteiger partial charge in [-0.25, -0.2) is 4.57 Å². The Balaban J connectivity index is 4.11. The van der Waals surface area contributed by atoms with Gasteiger partial charge in [-0.2, -0.15) is 0 Å². The van der Waals surface area contributed by atoms with Crippen molar-refractivity contribution in [1.82, 2.24) is 0 Å². The van der Waals surface area contributed by atoms with Crippen LogP contribution in [0.3, 0.4) is 0 Å². The van der Waals surface area contributed by atoms with Gasteiger partial charge in [0.15, 0.2) is 6.10 Å². The molecule has 10 heteroatoms. The zero-order valence-electron chi connectivity index (χ0n) is 32.4. The second-order valence-corrected chi connectivity index (χ2v) is 15.3. The van der Waals surface area contributed by atoms with Gasteiger partial charge < -0.3 is 20.1 Å². The van der Waals surface area contributed by atoms with E-state index in [-0.39, 0.29) is 38.6 Å². The number of ether oxygens (including phenoxy) is 2. The van der Waals surface area contributed by atoms with Crippen LogP contribution in [0.5, 0.6) is 0 Å². The van der Waals surface area contributed by atoms with Crippen molar-refractivity contribution in [2.75, 3.05) is 26.4 Å². The number of rotatable bonds is 39. The number of phosphoric ester groups is 1. The van der Waals surface area contributed by atoms with Crippen molar-refractivity contribution in [3.8, 4) is 0 Å². The topological polar surface area (TPSA) is 134 Å². The van der Waals surface area contributed by atoms with Gasteiger partial charge in [0, 0.05) is 19.4 Å². The molecule has 2 atom stereocenters. The van der Waals surface area contributed by atoms with Crippen LogP contribution in [0.1, 0.15) is 200 Å². The van der Waals surface area contributed by atoms with Crippen LogP contribution in [-0.2, 0) is 32.7 Å². The minimum atomic E-state index is -4.37. The molecule has 0 aromatic heterocycles. The fourth-order valence-corrected chi connectivity index (χ4v) is 6.57. The maximum Gasteiger partial charge on any atom is 0.472 e. The van der Waals surface area contributed by atoms with Gasteiger partial charge in [-0.3, -0.25) is 18.6 Å². The fraction of sp³-hybridized carbons (Fsp3) is 0.900. The van der Waals surface area contributed by atoms with E-state index in [0.29, 0.717) is 6.42 Å². The summed E-state index contributed by atoms with van der Waals surface area (Å²) in [6, 6.07) is 0. The summed E-state index contributed by atoms with van der Waals surface area (Å²) in [6.07, 6.45) is 36.7. The van der Waals surface area contributed by atoms with E-state index < -0.39 is 26.5 Å². The number of carbonyl (C=O) groups is 2. The molecular weight excluding hydrogens is 653 g/mol. The third-order valence-corrected chi connectivity index (χ3v) is 9.89. The summed E-state index contributed by atoms with van der Waals surface area (Å²) < 4.78 is 32.7. The molecule has 0 bridgehead atoms. The van der Waals surface area contributed by atoms with Gasteiger partial charge in [-0.1, -0.05) is 161 Å². The first-order valence-corrected chi connectivity index (χ1v) is 22.2. The first-order chi connectivity index (χ1) is 24.3. The van der Waals surface area contributed by atoms with Gasteiger partial charge in [0.05, 0.1) is 13.2 Å². The number of esters is 2. The lowest BCUT2D eigenvalue weighted by Gasteiger charge is -2.19. The minimum Gasteiger partial charge on any atom is -0.462 e. The molecule has 0 fully saturated rings. The normalized spacial score (nSPS) is 13.4. The van der Waals surface area contributed by atoms with Gasteiger partial charge in [-0.15, -0.1) is 0 Å². The number of carbonyl (C=O) groups excluding carboxylic acids is 2. The lowest BCUT2D eigenvalue weighted by Crippen LogP contribution is -2.29. The number of unbranched alkanes of at least 4 members (excludes halogenated alkanes) is 24. The van der Waals surface area contributed by atoms with Crippen molar-refractivity contribution in [2.24, 2.45) is 5.73 Å². The highest BCUT2D eigenvalue weighted by molar-refractivity contribution is 7.47. The van der Waals surface area contributed by atoms with Crippen LogP contribution in [-0.4, -0.2) is 49.3 Å². The summed E-state index contributed by atoms with van der Waals surface area (Å²) in [7, 11) is -4.37. The molecule has 0 saturated carbocycles. The van der Waals surface area contributed by atoms with Crippen LogP contribution in [0.25, 0.3) is 0 Å². The van der Waals surface area contributed by atoms with Crippen LogP contribution >= 0.6 is 7.82 Å². The number of hydrogen-bond acceptors (Lipinski definition) is 8. The Bertz CT molecular complexity index is 840. The zero-order valence-corrected chi connectivity index (χ0v) is 33.3. The Kier molecular flexibility index (Phi) is 36.6. The van der Waals surface area contributed by atoms with Crippen molar-refractivity contribution in [3.63, 3.8) is 0 Å². The molecule has 296 valence electrons. The van der Waals surface area contributed by atoms with E-state index in [0.717, 1.165) is 38.5 Å². The minimum absolute atomic E-state index is 0.0557. The summed E-state index contributed by atoms with van der Waals surface area (Å²) in [5, 5.41) is 0. The SMILES string of the molecule is CCCCCCCC/C=C\CCCCCCCCCCCC(=O)OC(COC(=O)CCCCCCCCCCCC)COP(=O)(O)OCCN. The zero-order chi connectivity index (χ0) is 36.8. The highest BCUT2D eigenvalue weighted by atomic mass is 31.2. The van der Waals surface area contributed by atoms with Gasteiger partial charge in [0.2, 0.25) is 0 Å². The third kappa shape index (κ3) is 36.5. The largest absolute Gasteiger partial charge is 0.472 e. The summed E-state index contributed by atoms with van der Waals surface area (Å²) >= 11 is 0. The molecule has 0 amide bonds. The Hall–Kier alpha value is -1.25. The average Bonchev–Trinajstić information content (AvgIpc) is 3.10. The highest BCUT2D eigenvalue weighted by Gasteiger charge is 2.26. The average molecular weight is 732 g/mol. The van der Waals surface area contributed by atoms with E-state index in [9.17, 15) is 19.0 Å². The van der Waals surface area contributed by atoms with Crippen LogP contribution < -0.4 is 5.73 Å². The Morgan fingerprint density at radius 3 is 1.42 bits per heavy atom. The number of allylic oxidation sites excluding steroid dienone is 2. The fourth-order valence-electron chi connectivity index (χ4n) is 5.81. The van der Waals surface area contributed by atoms with Crippen LogP contribution in [0.2, 0.25) is 0 Å². The Labute approximate surface area is 307 Å². The van der Waals surface area contributed by atoms with Crippen molar-refractivity contribution in [2.45, 2.75) is 206 Å². The molecular formula is C40H78NO8P. The van der Waals surface area contributed by atoms with E-state index in [1.165, 1.54) is 128 Å². The molecule has 50 heavy (non-hydrogen) atoms. The van der Waals surface area contributed by atoms with Crippen molar-refractivity contribution in [3.05, 3.63) is 12.2 Å². The van der Waals surface area contributed by atoms with E-state index in [1.54, 1.807) is 0 Å². The standard InChI is InChI=1S/C40H78NO8P/c1-3-5-7-9-11-13-15-16-17-18-19-20-21-22-23-25-27-29-31-33-40(43)49-38(37-48-50(44,45)47-35-34-41)36-46-39(42)32-30-28-26-24-14-12-10-8-6-4-2/h16-17,38H,3-15,18-37,41H2,1-2H3,(H,44,45)/b17-16-. The molecule has 0 saturated heterocycles. The van der Waals surface area contributed by atoms with E-state index in [2.05, 4.69) is 26.0 Å². The molecule has 0 radical (unpaired) electrons. The smallest absolute Gasteiger partial charge is 0.462 e. The molecule has 0 heterocycles. The Morgan fingerprint density at radius 2 is 0.980 bits per heavy atom. The first-order valence-electron chi connectivity index (χ1n) is 20.7. The van der Waals surface area contributed by atoms with Gasteiger partial charge in [0.25, 0.3) is 0 Å². The monoisotopic (exact) mass is 732 g/mol. The van der Waals surface area contributed by atoms with Crippen LogP contribution in [0.4, 0.5) is 0 Å². The molecule has 0 spiro atoms. The predicted molar refractivity (Wildman–Crippen MR) is 206 cm³/mol. The molecule has 0 aliphatic heterocycles. The quantitative estimate of drug-likeness (QED) is 0.0274. The van der Waals surface area contributed by atoms with Crippen molar-refractivity contribution < 1.29 is 37.6 Å². The van der Waals surface area contributed by atoms with Gasteiger partial charge in [-0.05, 0) is 38.5 Å². The second kappa shape index (κ2) is 37.5. The lowest BCUT2D eigenvalue weighted by atomic mass is 10.1. The highest BCUT2D eigenvalue weighted by Crippen LogP contribution is 2.43. The summed E-state index contributed by atoms with van der Waals surface area (Å²) in [5.41, 5.74) is 5.33. The van der Waals surface area contributed by atoms with E-state index in [1.807, 2.05) is 0 Å². The molecule has 9 nitrogen and oxygen atoms in total. The van der Waals surface area contributed by atoms with Crippen molar-refractivity contribution >= 4 is 19.8 Å². The van der Waals surface area contributed by atoms with Crippen LogP contribution in [0, 0.1) is 0 Å². The maximum atomic E-state index is 12.5. The third-order valence-electron chi connectivity index (χ3n) is 8.90. The summed E-state index contributed by atoms with van der Waals surface area (Å²) in [6.45, 7) is 3.72. The second-order valence-electron chi connectivity index (χ2n) is 13.9. The van der Waals surface area contributed by atoms with E-state index >= 15 is 0 Å². The summed E-state index contributed by atoms with van der Waals surface area (Å²) in [4.78, 5) is 34.7. The maximum absolute atomic E-state index is 12.5. The molecule has 0 rings (SSSR count). The predicted octanol–water partition coefficient (Wildman–Crippen LogP) is 11.4. The number of nitrogens with two attached hydrogens (primary N) is 1. The number of hydrogen-bond donors (Lipinski definition) is 2. The van der Waals surface area contributed by atoms with Crippen LogP contribution in [0.15, 0.2) is 12.2 Å². The molecule has 3 N–H and O–H groups in total. The summed E-state index contributed by atoms with van der Waals surface area (Å²) in [5.74, 6) is -0.825. The van der Waals surface area contributed by atoms with Crippen molar-refractivity contribution in [1.29, 1.82) is 0 Å².